The van der Waals surface area contributed by atoms with Crippen molar-refractivity contribution in [2.45, 2.75) is 20.3 Å². The van der Waals surface area contributed by atoms with Crippen molar-refractivity contribution in [3.63, 3.8) is 0 Å². The van der Waals surface area contributed by atoms with Gasteiger partial charge in [0.1, 0.15) is 0 Å². The molecule has 0 aliphatic rings. The summed E-state index contributed by atoms with van der Waals surface area (Å²) < 4.78 is 0. The molecule has 0 saturated heterocycles. The van der Waals surface area contributed by atoms with Crippen LogP contribution < -0.4 is 16.0 Å². The Morgan fingerprint density at radius 3 is 2.68 bits per heavy atom. The molecule has 1 amide bonds. The Labute approximate surface area is 115 Å². The molecule has 1 rings (SSSR count). The molecule has 0 radical (unpaired) electrons. The number of carbonyl (C=O) groups is 1. The fraction of sp³-hybridized carbons (Fsp3) is 0.571. The van der Waals surface area contributed by atoms with E-state index in [4.69, 9.17) is 5.73 Å². The number of aromatic nitrogens is 1. The zero-order valence-electron chi connectivity index (χ0n) is 12.2. The molecule has 1 aromatic rings. The molecule has 0 spiro atoms. The highest BCUT2D eigenvalue weighted by molar-refractivity contribution is 5.95. The number of nitrogens with one attached hydrogen (secondary N) is 1. The van der Waals surface area contributed by atoms with Crippen LogP contribution in [0, 0.1) is 11.8 Å². The second kappa shape index (κ2) is 7.09. The van der Waals surface area contributed by atoms with Gasteiger partial charge in [0.15, 0.2) is 0 Å². The van der Waals surface area contributed by atoms with Gasteiger partial charge in [0.25, 0.3) is 0 Å². The second-order valence-electron chi connectivity index (χ2n) is 5.34. The number of hydrogen-bond donors (Lipinski definition) is 2. The van der Waals surface area contributed by atoms with Crippen molar-refractivity contribution in [1.82, 2.24) is 4.98 Å². The van der Waals surface area contributed by atoms with Gasteiger partial charge in [-0.05, 0) is 18.4 Å². The van der Waals surface area contributed by atoms with Crippen molar-refractivity contribution in [2.24, 2.45) is 17.6 Å². The summed E-state index contributed by atoms with van der Waals surface area (Å²) in [6, 6.07) is 1.87. The highest BCUT2D eigenvalue weighted by Crippen LogP contribution is 2.23. The summed E-state index contributed by atoms with van der Waals surface area (Å²) in [6.07, 6.45) is 4.16. The lowest BCUT2D eigenvalue weighted by Crippen LogP contribution is -2.31. The standard InChI is InChI=1S/C14H24N4O/c1-10(2)7-11(8-15)14(19)17-12-9-16-6-5-13(12)18(3)4/h5-6,9-11H,7-8,15H2,1-4H3,(H,17,19). The first kappa shape index (κ1) is 15.4. The molecule has 0 aliphatic carbocycles. The van der Waals surface area contributed by atoms with Crippen LogP contribution in [0.2, 0.25) is 0 Å². The van der Waals surface area contributed by atoms with Crippen molar-refractivity contribution < 1.29 is 4.79 Å². The highest BCUT2D eigenvalue weighted by Gasteiger charge is 2.19. The Morgan fingerprint density at radius 1 is 1.47 bits per heavy atom. The third-order valence-electron chi connectivity index (χ3n) is 2.95. The Hall–Kier alpha value is -1.62. The summed E-state index contributed by atoms with van der Waals surface area (Å²) in [6.45, 7) is 4.54. The Bertz CT molecular complexity index is 418. The number of carbonyl (C=O) groups excluding carboxylic acids is 1. The maximum Gasteiger partial charge on any atom is 0.228 e. The lowest BCUT2D eigenvalue weighted by atomic mass is 9.96. The van der Waals surface area contributed by atoms with Crippen LogP contribution in [0.4, 0.5) is 11.4 Å². The molecule has 3 N–H and O–H groups in total. The predicted octanol–water partition coefficient (Wildman–Crippen LogP) is 1.71. The molecule has 0 aliphatic heterocycles. The van der Waals surface area contributed by atoms with Crippen LogP contribution in [0.3, 0.4) is 0 Å². The van der Waals surface area contributed by atoms with Crippen LogP contribution in [-0.4, -0.2) is 31.5 Å². The molecule has 1 heterocycles. The summed E-state index contributed by atoms with van der Waals surface area (Å²) in [4.78, 5) is 18.2. The lowest BCUT2D eigenvalue weighted by molar-refractivity contribution is -0.120. The first-order valence-corrected chi connectivity index (χ1v) is 6.58. The van der Waals surface area contributed by atoms with Crippen LogP contribution in [0.15, 0.2) is 18.5 Å². The third-order valence-corrected chi connectivity index (χ3v) is 2.95. The minimum atomic E-state index is -0.157. The SMILES string of the molecule is CC(C)CC(CN)C(=O)Nc1cnccc1N(C)C. The van der Waals surface area contributed by atoms with Gasteiger partial charge < -0.3 is 16.0 Å². The minimum absolute atomic E-state index is 0.0349. The average molecular weight is 264 g/mol. The van der Waals surface area contributed by atoms with Crippen molar-refractivity contribution in [3.8, 4) is 0 Å². The fourth-order valence-corrected chi connectivity index (χ4v) is 1.99. The average Bonchev–Trinajstić information content (AvgIpc) is 2.35. The summed E-state index contributed by atoms with van der Waals surface area (Å²) in [5.74, 6) is 0.254. The summed E-state index contributed by atoms with van der Waals surface area (Å²) >= 11 is 0. The van der Waals surface area contributed by atoms with Crippen molar-refractivity contribution >= 4 is 17.3 Å². The molecule has 1 atom stereocenters. The lowest BCUT2D eigenvalue weighted by Gasteiger charge is -2.20. The number of rotatable bonds is 6. The van der Waals surface area contributed by atoms with Gasteiger partial charge in [-0.3, -0.25) is 9.78 Å². The molecule has 106 valence electrons. The van der Waals surface area contributed by atoms with Crippen LogP contribution in [0.25, 0.3) is 0 Å². The number of nitrogens with two attached hydrogens (primary N) is 1. The van der Waals surface area contributed by atoms with Gasteiger partial charge in [0, 0.05) is 26.8 Å². The van der Waals surface area contributed by atoms with E-state index in [0.29, 0.717) is 12.5 Å². The molecule has 0 fully saturated rings. The molecule has 5 heteroatoms. The number of nitrogens with zero attached hydrogens (tertiary/aromatic N) is 2. The maximum atomic E-state index is 12.2. The van der Waals surface area contributed by atoms with E-state index in [0.717, 1.165) is 17.8 Å². The summed E-state index contributed by atoms with van der Waals surface area (Å²) in [7, 11) is 3.86. The molecule has 0 saturated carbocycles. The molecular weight excluding hydrogens is 240 g/mol. The van der Waals surface area contributed by atoms with Gasteiger partial charge in [-0.25, -0.2) is 0 Å². The Balaban J connectivity index is 2.81. The van der Waals surface area contributed by atoms with E-state index in [1.807, 2.05) is 25.1 Å². The van der Waals surface area contributed by atoms with Gasteiger partial charge >= 0.3 is 0 Å². The van der Waals surface area contributed by atoms with Gasteiger partial charge in [0.05, 0.1) is 23.5 Å². The van der Waals surface area contributed by atoms with E-state index in [2.05, 4.69) is 24.1 Å². The van der Waals surface area contributed by atoms with Crippen LogP contribution >= 0.6 is 0 Å². The predicted molar refractivity (Wildman–Crippen MR) is 79.2 cm³/mol. The van der Waals surface area contributed by atoms with E-state index >= 15 is 0 Å². The molecule has 1 aromatic heterocycles. The van der Waals surface area contributed by atoms with Gasteiger partial charge in [-0.15, -0.1) is 0 Å². The molecule has 1 unspecified atom stereocenters. The number of amides is 1. The number of pyridine rings is 1. The Morgan fingerprint density at radius 2 is 2.16 bits per heavy atom. The van der Waals surface area contributed by atoms with Crippen molar-refractivity contribution in [3.05, 3.63) is 18.5 Å². The van der Waals surface area contributed by atoms with Crippen LogP contribution in [0.5, 0.6) is 0 Å². The monoisotopic (exact) mass is 264 g/mol. The molecular formula is C14H24N4O. The minimum Gasteiger partial charge on any atom is -0.376 e. The quantitative estimate of drug-likeness (QED) is 0.820. The zero-order chi connectivity index (χ0) is 14.4. The van der Waals surface area contributed by atoms with Crippen LogP contribution in [-0.2, 0) is 4.79 Å². The number of hydrogen-bond acceptors (Lipinski definition) is 4. The summed E-state index contributed by atoms with van der Waals surface area (Å²) in [5, 5.41) is 2.93. The largest absolute Gasteiger partial charge is 0.376 e. The van der Waals surface area contributed by atoms with E-state index in [9.17, 15) is 4.79 Å². The molecule has 19 heavy (non-hydrogen) atoms. The topological polar surface area (TPSA) is 71.2 Å². The molecule has 0 aromatic carbocycles. The number of anilines is 2. The van der Waals surface area contributed by atoms with E-state index in [1.54, 1.807) is 12.4 Å². The van der Waals surface area contributed by atoms with Gasteiger partial charge in [-0.2, -0.15) is 0 Å². The van der Waals surface area contributed by atoms with Crippen molar-refractivity contribution in [1.29, 1.82) is 0 Å². The normalized spacial score (nSPS) is 12.3. The van der Waals surface area contributed by atoms with Crippen LogP contribution in [0.1, 0.15) is 20.3 Å². The highest BCUT2D eigenvalue weighted by atomic mass is 16.1. The van der Waals surface area contributed by atoms with Crippen molar-refractivity contribution in [2.75, 3.05) is 30.9 Å². The van der Waals surface area contributed by atoms with E-state index < -0.39 is 0 Å². The molecule has 0 bridgehead atoms. The van der Waals surface area contributed by atoms with Gasteiger partial charge in [0.2, 0.25) is 5.91 Å². The van der Waals surface area contributed by atoms with E-state index in [-0.39, 0.29) is 11.8 Å². The second-order valence-corrected chi connectivity index (χ2v) is 5.34. The molecule has 5 nitrogen and oxygen atoms in total. The van der Waals surface area contributed by atoms with E-state index in [1.165, 1.54) is 0 Å². The smallest absolute Gasteiger partial charge is 0.228 e. The first-order chi connectivity index (χ1) is 8.95. The third kappa shape index (κ3) is 4.52. The Kier molecular flexibility index (Phi) is 5.76. The van der Waals surface area contributed by atoms with Gasteiger partial charge in [-0.1, -0.05) is 13.8 Å². The summed E-state index contributed by atoms with van der Waals surface area (Å²) in [5.41, 5.74) is 7.34. The maximum absolute atomic E-state index is 12.2. The first-order valence-electron chi connectivity index (χ1n) is 6.58. The zero-order valence-corrected chi connectivity index (χ0v) is 12.2. The fourth-order valence-electron chi connectivity index (χ4n) is 1.99.